The van der Waals surface area contributed by atoms with Gasteiger partial charge in [0.25, 0.3) is 0 Å². The van der Waals surface area contributed by atoms with Crippen LogP contribution in [0.4, 0.5) is 26.3 Å². The quantitative estimate of drug-likeness (QED) is 0.323. The van der Waals surface area contributed by atoms with Gasteiger partial charge in [-0.3, -0.25) is 9.59 Å². The second-order valence-corrected chi connectivity index (χ2v) is 6.86. The molecule has 0 N–H and O–H groups in total. The molecule has 0 aliphatic carbocycles. The molecule has 178 valence electrons. The van der Waals surface area contributed by atoms with Gasteiger partial charge in [0.2, 0.25) is 11.7 Å². The summed E-state index contributed by atoms with van der Waals surface area (Å²) >= 11 is 7.33. The number of hydrogen-bond acceptors (Lipinski definition) is 6. The zero-order valence-corrected chi connectivity index (χ0v) is 18.7. The van der Waals surface area contributed by atoms with Crippen molar-refractivity contribution < 1.29 is 35.9 Å². The van der Waals surface area contributed by atoms with Crippen LogP contribution in [-0.4, -0.2) is 50.2 Å². The molecular formula is C18H20F6N4O2S2. The predicted octanol–water partition coefficient (Wildman–Crippen LogP) is 3.48. The lowest BCUT2D eigenvalue weighted by Gasteiger charge is -2.28. The lowest BCUT2D eigenvalue weighted by molar-refractivity contribution is -0.148. The Morgan fingerprint density at radius 2 is 1.66 bits per heavy atom. The molecule has 2 unspecified atom stereocenters. The van der Waals surface area contributed by atoms with Gasteiger partial charge in [-0.15, -0.1) is 10.2 Å². The minimum absolute atomic E-state index is 0.0767. The van der Waals surface area contributed by atoms with Gasteiger partial charge in [0.1, 0.15) is 24.0 Å². The Hall–Kier alpha value is -2.22. The summed E-state index contributed by atoms with van der Waals surface area (Å²) in [6.45, 7) is 1.58. The van der Waals surface area contributed by atoms with E-state index < -0.39 is 54.7 Å². The number of fused-ring (bicyclic) bond motifs is 1. The number of rotatable bonds is 7. The highest BCUT2D eigenvalue weighted by molar-refractivity contribution is 8.07. The first-order valence-corrected chi connectivity index (χ1v) is 10.5. The van der Waals surface area contributed by atoms with Crippen LogP contribution >= 0.6 is 0 Å². The van der Waals surface area contributed by atoms with E-state index in [9.17, 15) is 35.9 Å². The first kappa shape index (κ1) is 27.8. The molecule has 1 aliphatic heterocycles. The summed E-state index contributed by atoms with van der Waals surface area (Å²) < 4.78 is 79.6. The zero-order valence-electron chi connectivity index (χ0n) is 17.0. The van der Waals surface area contributed by atoms with Crippen LogP contribution in [0.15, 0.2) is 23.6 Å². The third kappa shape index (κ3) is 8.04. The maximum atomic E-state index is 14.0. The summed E-state index contributed by atoms with van der Waals surface area (Å²) in [5, 5.41) is 6.53. The normalized spacial score (nSPS) is 16.6. The lowest BCUT2D eigenvalue weighted by Crippen LogP contribution is -2.40. The van der Waals surface area contributed by atoms with Crippen molar-refractivity contribution >= 4 is 34.1 Å². The van der Waals surface area contributed by atoms with Crippen molar-refractivity contribution in [2.45, 2.75) is 58.3 Å². The Kier molecular flexibility index (Phi) is 10.5. The third-order valence-electron chi connectivity index (χ3n) is 4.21. The monoisotopic (exact) mass is 502 g/mol. The number of nitrogens with zero attached hydrogens (tertiary/aromatic N) is 4. The predicted molar refractivity (Wildman–Crippen MR) is 108 cm³/mol. The topological polar surface area (TPSA) is 68.1 Å². The van der Waals surface area contributed by atoms with Gasteiger partial charge in [0, 0.05) is 41.9 Å². The summed E-state index contributed by atoms with van der Waals surface area (Å²) in [5.41, 5.74) is -0.375. The standard InChI is InChI=1S/C18H20F6N4O2.S2/c1-10(19)5-12(14(21)6-11(2)20)7-13(29)8-16(30)27-3-4-28-15(9-27)25-26-17(28)18(22,23)24;1-2/h5-6,10-11H,3-4,7-9H2,1-2H3;/b12-5-,14-6+;. The molecule has 0 spiro atoms. The molecule has 1 amide bonds. The molecule has 6 nitrogen and oxygen atoms in total. The molecule has 0 bridgehead atoms. The Labute approximate surface area is 190 Å². The van der Waals surface area contributed by atoms with Gasteiger partial charge in [-0.1, -0.05) is 0 Å². The minimum atomic E-state index is -4.68. The van der Waals surface area contributed by atoms with Crippen molar-refractivity contribution in [1.29, 1.82) is 0 Å². The Bertz CT molecular complexity index is 883. The van der Waals surface area contributed by atoms with Crippen molar-refractivity contribution in [1.82, 2.24) is 19.7 Å². The molecule has 2 heterocycles. The van der Waals surface area contributed by atoms with E-state index in [4.69, 9.17) is 0 Å². The van der Waals surface area contributed by atoms with Gasteiger partial charge in [-0.05, 0) is 31.6 Å². The largest absolute Gasteiger partial charge is 0.451 e. The first-order valence-electron chi connectivity index (χ1n) is 9.20. The van der Waals surface area contributed by atoms with E-state index >= 15 is 0 Å². The number of alkyl halides is 5. The summed E-state index contributed by atoms with van der Waals surface area (Å²) in [4.78, 5) is 25.7. The highest BCUT2D eigenvalue weighted by atomic mass is 32.8. The smallest absolute Gasteiger partial charge is 0.333 e. The summed E-state index contributed by atoms with van der Waals surface area (Å²) in [6, 6.07) is 0. The van der Waals surface area contributed by atoms with Crippen molar-refractivity contribution in [3.05, 3.63) is 35.2 Å². The second kappa shape index (κ2) is 12.1. The molecule has 2 atom stereocenters. The fourth-order valence-electron chi connectivity index (χ4n) is 2.94. The molecule has 0 radical (unpaired) electrons. The molecule has 1 aromatic rings. The molecule has 1 aromatic heterocycles. The van der Waals surface area contributed by atoms with Gasteiger partial charge >= 0.3 is 6.18 Å². The molecule has 0 aromatic carbocycles. The average molecular weight is 503 g/mol. The van der Waals surface area contributed by atoms with Gasteiger partial charge in [0.05, 0.1) is 13.0 Å². The maximum absolute atomic E-state index is 14.0. The Morgan fingerprint density at radius 1 is 1.06 bits per heavy atom. The van der Waals surface area contributed by atoms with Gasteiger partial charge in [-0.25, -0.2) is 13.2 Å². The number of aromatic nitrogens is 3. The summed E-state index contributed by atoms with van der Waals surface area (Å²) in [7, 11) is 0. The van der Waals surface area contributed by atoms with Gasteiger partial charge < -0.3 is 9.47 Å². The highest BCUT2D eigenvalue weighted by Gasteiger charge is 2.40. The first-order chi connectivity index (χ1) is 14.9. The van der Waals surface area contributed by atoms with Crippen molar-refractivity contribution in [2.75, 3.05) is 6.54 Å². The molecule has 0 saturated carbocycles. The molecule has 1 aliphatic rings. The summed E-state index contributed by atoms with van der Waals surface area (Å²) in [5.74, 6) is -3.78. The molecular weight excluding hydrogens is 482 g/mol. The Morgan fingerprint density at radius 3 is 2.19 bits per heavy atom. The molecule has 0 fully saturated rings. The van der Waals surface area contributed by atoms with Crippen LogP contribution in [0, 0.1) is 0 Å². The molecule has 14 heteroatoms. The second-order valence-electron chi connectivity index (χ2n) is 6.86. The average Bonchev–Trinajstić information content (AvgIpc) is 3.11. The number of carbonyl (C=O) groups excluding carboxylic acids is 2. The number of allylic oxidation sites excluding steroid dienone is 4. The highest BCUT2D eigenvalue weighted by Crippen LogP contribution is 2.29. The van der Waals surface area contributed by atoms with Crippen molar-refractivity contribution in [2.24, 2.45) is 0 Å². The van der Waals surface area contributed by atoms with E-state index in [-0.39, 0.29) is 31.0 Å². The Balaban J connectivity index is 0.00000249. The number of halogens is 6. The van der Waals surface area contributed by atoms with Crippen LogP contribution in [0.5, 0.6) is 0 Å². The third-order valence-corrected chi connectivity index (χ3v) is 4.21. The molecule has 0 saturated heterocycles. The van der Waals surface area contributed by atoms with E-state index in [1.165, 1.54) is 0 Å². The SMILES string of the molecule is CC(F)/C=C(CC(=O)CC(=O)N1CCn2c(nnc2C(F)(F)F)C1)\C(F)=C/C(C)F.S=S. The van der Waals surface area contributed by atoms with E-state index in [1.807, 2.05) is 0 Å². The number of Topliss-reactive ketones (excluding diaryl/α,β-unsaturated/α-hetero) is 1. The van der Waals surface area contributed by atoms with Crippen LogP contribution in [0.1, 0.15) is 38.3 Å². The minimum Gasteiger partial charge on any atom is -0.333 e. The van der Waals surface area contributed by atoms with Crippen LogP contribution in [0.3, 0.4) is 0 Å². The lowest BCUT2D eigenvalue weighted by atomic mass is 10.0. The number of amides is 1. The number of hydrogen-bond donors (Lipinski definition) is 0. The van der Waals surface area contributed by atoms with Crippen LogP contribution in [0.25, 0.3) is 0 Å². The fraction of sp³-hybridized carbons (Fsp3) is 0.556. The van der Waals surface area contributed by atoms with E-state index in [0.29, 0.717) is 6.08 Å². The van der Waals surface area contributed by atoms with Gasteiger partial charge in [0.15, 0.2) is 5.82 Å². The molecule has 2 rings (SSSR count). The fourth-order valence-corrected chi connectivity index (χ4v) is 2.94. The van der Waals surface area contributed by atoms with E-state index in [2.05, 4.69) is 32.6 Å². The molecule has 32 heavy (non-hydrogen) atoms. The zero-order chi connectivity index (χ0) is 24.6. The van der Waals surface area contributed by atoms with Crippen LogP contribution < -0.4 is 0 Å². The maximum Gasteiger partial charge on any atom is 0.451 e. The summed E-state index contributed by atoms with van der Waals surface area (Å²) in [6.07, 6.45) is -7.84. The van der Waals surface area contributed by atoms with E-state index in [1.54, 1.807) is 0 Å². The van der Waals surface area contributed by atoms with Crippen LogP contribution in [-0.2, 0) is 51.2 Å². The number of ketones is 1. The van der Waals surface area contributed by atoms with Gasteiger partial charge in [-0.2, -0.15) is 13.2 Å². The number of carbonyl (C=O) groups is 2. The van der Waals surface area contributed by atoms with E-state index in [0.717, 1.165) is 29.4 Å². The van der Waals surface area contributed by atoms with Crippen molar-refractivity contribution in [3.63, 3.8) is 0 Å². The van der Waals surface area contributed by atoms with Crippen LogP contribution in [0.2, 0.25) is 0 Å². The van der Waals surface area contributed by atoms with Crippen molar-refractivity contribution in [3.8, 4) is 0 Å².